The average molecular weight is 231 g/mol. The molecule has 0 amide bonds. The lowest BCUT2D eigenvalue weighted by Gasteiger charge is -2.10. The molecule has 2 aromatic rings. The molecule has 0 atom stereocenters. The number of imidazole rings is 1. The highest BCUT2D eigenvalue weighted by Crippen LogP contribution is 2.20. The van der Waals surface area contributed by atoms with Crippen LogP contribution in [0.2, 0.25) is 0 Å². The summed E-state index contributed by atoms with van der Waals surface area (Å²) >= 11 is 0. The summed E-state index contributed by atoms with van der Waals surface area (Å²) in [6.07, 6.45) is 3.78. The van der Waals surface area contributed by atoms with Gasteiger partial charge in [0.05, 0.1) is 7.11 Å². The highest BCUT2D eigenvalue weighted by Gasteiger charge is 2.04. The zero-order valence-corrected chi connectivity index (χ0v) is 10.2. The topological polar surface area (TPSA) is 53.1 Å². The van der Waals surface area contributed by atoms with Gasteiger partial charge in [0.2, 0.25) is 0 Å². The van der Waals surface area contributed by atoms with Gasteiger partial charge < -0.3 is 15.0 Å². The lowest BCUT2D eigenvalue weighted by atomic mass is 10.1. The Morgan fingerprint density at radius 1 is 1.41 bits per heavy atom. The Kier molecular flexibility index (Phi) is 3.44. The summed E-state index contributed by atoms with van der Waals surface area (Å²) in [6.45, 7) is 3.28. The summed E-state index contributed by atoms with van der Waals surface area (Å²) in [6, 6.07) is 6.12. The van der Waals surface area contributed by atoms with Crippen molar-refractivity contribution in [1.82, 2.24) is 9.55 Å². The molecule has 2 rings (SSSR count). The van der Waals surface area contributed by atoms with Crippen molar-refractivity contribution in [3.8, 4) is 5.75 Å². The third-order valence-electron chi connectivity index (χ3n) is 2.85. The van der Waals surface area contributed by atoms with Crippen molar-refractivity contribution in [3.05, 3.63) is 47.5 Å². The molecule has 0 bridgehead atoms. The molecule has 0 saturated heterocycles. The van der Waals surface area contributed by atoms with Crippen molar-refractivity contribution in [3.63, 3.8) is 0 Å². The summed E-state index contributed by atoms with van der Waals surface area (Å²) < 4.78 is 7.42. The van der Waals surface area contributed by atoms with Crippen LogP contribution in [0, 0.1) is 6.92 Å². The largest absolute Gasteiger partial charge is 0.496 e. The van der Waals surface area contributed by atoms with Crippen LogP contribution >= 0.6 is 0 Å². The molecule has 90 valence electrons. The predicted molar refractivity (Wildman–Crippen MR) is 67.0 cm³/mol. The van der Waals surface area contributed by atoms with E-state index in [0.29, 0.717) is 6.54 Å². The van der Waals surface area contributed by atoms with E-state index >= 15 is 0 Å². The van der Waals surface area contributed by atoms with Crippen molar-refractivity contribution in [1.29, 1.82) is 0 Å². The maximum atomic E-state index is 5.64. The Hall–Kier alpha value is -1.81. The van der Waals surface area contributed by atoms with E-state index in [0.717, 1.165) is 23.7 Å². The molecule has 17 heavy (non-hydrogen) atoms. The first kappa shape index (κ1) is 11.7. The number of hydrogen-bond acceptors (Lipinski definition) is 3. The van der Waals surface area contributed by atoms with Crippen LogP contribution in [0.3, 0.4) is 0 Å². The van der Waals surface area contributed by atoms with Crippen LogP contribution in [0.15, 0.2) is 30.6 Å². The van der Waals surface area contributed by atoms with Gasteiger partial charge in [-0.15, -0.1) is 0 Å². The number of aromatic nitrogens is 2. The highest BCUT2D eigenvalue weighted by molar-refractivity contribution is 5.37. The van der Waals surface area contributed by atoms with Gasteiger partial charge >= 0.3 is 0 Å². The van der Waals surface area contributed by atoms with Crippen molar-refractivity contribution >= 4 is 0 Å². The van der Waals surface area contributed by atoms with Crippen LogP contribution in [-0.2, 0) is 13.1 Å². The van der Waals surface area contributed by atoms with E-state index in [2.05, 4.69) is 15.6 Å². The minimum Gasteiger partial charge on any atom is -0.496 e. The van der Waals surface area contributed by atoms with Crippen LogP contribution < -0.4 is 10.5 Å². The fourth-order valence-corrected chi connectivity index (χ4v) is 1.82. The number of hydrogen-bond donors (Lipinski definition) is 1. The van der Waals surface area contributed by atoms with Gasteiger partial charge in [0.15, 0.2) is 0 Å². The smallest absolute Gasteiger partial charge is 0.123 e. The zero-order valence-electron chi connectivity index (χ0n) is 10.2. The summed E-state index contributed by atoms with van der Waals surface area (Å²) in [5.41, 5.74) is 7.85. The Balaban J connectivity index is 2.25. The Morgan fingerprint density at radius 3 is 2.82 bits per heavy atom. The van der Waals surface area contributed by atoms with Gasteiger partial charge in [0.25, 0.3) is 0 Å². The van der Waals surface area contributed by atoms with Gasteiger partial charge in [-0.3, -0.25) is 0 Å². The molecule has 4 nitrogen and oxygen atoms in total. The lowest BCUT2D eigenvalue weighted by Crippen LogP contribution is -2.04. The Morgan fingerprint density at radius 2 is 2.24 bits per heavy atom. The molecule has 0 unspecified atom stereocenters. The minimum absolute atomic E-state index is 0.494. The van der Waals surface area contributed by atoms with Crippen LogP contribution in [0.4, 0.5) is 0 Å². The molecule has 0 aliphatic rings. The van der Waals surface area contributed by atoms with Crippen LogP contribution in [-0.4, -0.2) is 16.7 Å². The van der Waals surface area contributed by atoms with E-state index in [4.69, 9.17) is 10.5 Å². The number of methoxy groups -OCH3 is 1. The van der Waals surface area contributed by atoms with Crippen molar-refractivity contribution in [2.24, 2.45) is 5.73 Å². The highest BCUT2D eigenvalue weighted by atomic mass is 16.5. The van der Waals surface area contributed by atoms with E-state index in [-0.39, 0.29) is 0 Å². The average Bonchev–Trinajstić information content (AvgIpc) is 2.75. The maximum absolute atomic E-state index is 5.64. The number of ether oxygens (including phenoxy) is 1. The van der Waals surface area contributed by atoms with E-state index in [1.807, 2.05) is 25.3 Å². The molecule has 4 heteroatoms. The quantitative estimate of drug-likeness (QED) is 0.871. The minimum atomic E-state index is 0.494. The molecule has 0 aliphatic heterocycles. The molecule has 1 aromatic carbocycles. The zero-order chi connectivity index (χ0) is 12.3. The molecule has 1 heterocycles. The summed E-state index contributed by atoms with van der Waals surface area (Å²) in [4.78, 5) is 4.20. The van der Waals surface area contributed by atoms with E-state index in [1.54, 1.807) is 13.3 Å². The second-order valence-corrected chi connectivity index (χ2v) is 3.95. The molecule has 1 aromatic heterocycles. The maximum Gasteiger partial charge on any atom is 0.123 e. The summed E-state index contributed by atoms with van der Waals surface area (Å²) in [5, 5.41) is 0. The third kappa shape index (κ3) is 2.47. The lowest BCUT2D eigenvalue weighted by molar-refractivity contribution is 0.409. The summed E-state index contributed by atoms with van der Waals surface area (Å²) in [7, 11) is 1.67. The monoisotopic (exact) mass is 231 g/mol. The number of rotatable bonds is 4. The molecule has 0 radical (unpaired) electrons. The molecule has 0 spiro atoms. The standard InChI is InChI=1S/C13H17N3O/c1-10-15-5-6-16(10)9-11-3-4-12(8-14)13(7-11)17-2/h3-7H,8-9,14H2,1-2H3. The van der Waals surface area contributed by atoms with Crippen molar-refractivity contribution < 1.29 is 4.74 Å². The number of nitrogens with zero attached hydrogens (tertiary/aromatic N) is 2. The van der Waals surface area contributed by atoms with Gasteiger partial charge in [-0.05, 0) is 18.6 Å². The fourth-order valence-electron chi connectivity index (χ4n) is 1.82. The molecular formula is C13H17N3O. The predicted octanol–water partition coefficient (Wildman–Crippen LogP) is 1.71. The van der Waals surface area contributed by atoms with Gasteiger partial charge in [-0.25, -0.2) is 4.98 Å². The molecular weight excluding hydrogens is 214 g/mol. The number of nitrogens with two attached hydrogens (primary N) is 1. The van der Waals surface area contributed by atoms with E-state index in [9.17, 15) is 0 Å². The SMILES string of the molecule is COc1cc(Cn2ccnc2C)ccc1CN. The number of benzene rings is 1. The fraction of sp³-hybridized carbons (Fsp3) is 0.308. The first-order valence-electron chi connectivity index (χ1n) is 5.58. The molecule has 0 saturated carbocycles. The normalized spacial score (nSPS) is 10.5. The first-order chi connectivity index (χ1) is 8.24. The Labute approximate surface area is 101 Å². The third-order valence-corrected chi connectivity index (χ3v) is 2.85. The van der Waals surface area contributed by atoms with Gasteiger partial charge in [-0.2, -0.15) is 0 Å². The van der Waals surface area contributed by atoms with E-state index < -0.39 is 0 Å². The van der Waals surface area contributed by atoms with Gasteiger partial charge in [0, 0.05) is 31.0 Å². The van der Waals surface area contributed by atoms with Crippen molar-refractivity contribution in [2.45, 2.75) is 20.0 Å². The Bertz CT molecular complexity index is 505. The first-order valence-corrected chi connectivity index (χ1v) is 5.58. The van der Waals surface area contributed by atoms with Crippen LogP contribution in [0.5, 0.6) is 5.75 Å². The van der Waals surface area contributed by atoms with Gasteiger partial charge in [-0.1, -0.05) is 12.1 Å². The second-order valence-electron chi connectivity index (χ2n) is 3.95. The molecule has 2 N–H and O–H groups in total. The molecule has 0 fully saturated rings. The van der Waals surface area contributed by atoms with Crippen LogP contribution in [0.25, 0.3) is 0 Å². The summed E-state index contributed by atoms with van der Waals surface area (Å²) in [5.74, 6) is 1.86. The van der Waals surface area contributed by atoms with Crippen LogP contribution in [0.1, 0.15) is 17.0 Å². The second kappa shape index (κ2) is 5.01. The molecule has 0 aliphatic carbocycles. The number of aryl methyl sites for hydroxylation is 1. The van der Waals surface area contributed by atoms with E-state index in [1.165, 1.54) is 5.56 Å². The van der Waals surface area contributed by atoms with Crippen molar-refractivity contribution in [2.75, 3.05) is 7.11 Å². The van der Waals surface area contributed by atoms with Gasteiger partial charge in [0.1, 0.15) is 11.6 Å².